The Bertz CT molecular complexity index is 518. The summed E-state index contributed by atoms with van der Waals surface area (Å²) >= 11 is 0. The normalized spacial score (nSPS) is 10.0. The van der Waals surface area contributed by atoms with Crippen molar-refractivity contribution in [2.45, 2.75) is 0 Å². The van der Waals surface area contributed by atoms with E-state index in [2.05, 4.69) is 25.7 Å². The molecule has 2 N–H and O–H groups in total. The van der Waals surface area contributed by atoms with Gasteiger partial charge in [0.25, 0.3) is 5.91 Å². The van der Waals surface area contributed by atoms with Crippen LogP contribution in [0.3, 0.4) is 0 Å². The number of aromatic nitrogens is 4. The van der Waals surface area contributed by atoms with E-state index in [9.17, 15) is 4.79 Å². The number of aryl methyl sites for hydroxylation is 1. The standard InChI is InChI=1S/C10H12N6O/c1-11-8-4-3-7(5-12-8)9(17)15-10-13-6-14-16(10)2/h3-6H,1-2H3,(H,11,12)(H,13,14,15,17). The lowest BCUT2D eigenvalue weighted by molar-refractivity contribution is 0.102. The van der Waals surface area contributed by atoms with E-state index in [1.807, 2.05) is 0 Å². The predicted octanol–water partition coefficient (Wildman–Crippen LogP) is 0.504. The lowest BCUT2D eigenvalue weighted by atomic mass is 10.2. The lowest BCUT2D eigenvalue weighted by Gasteiger charge is -2.04. The molecule has 0 aliphatic carbocycles. The first kappa shape index (κ1) is 11.1. The van der Waals surface area contributed by atoms with Gasteiger partial charge < -0.3 is 5.32 Å². The van der Waals surface area contributed by atoms with Crippen molar-refractivity contribution in [1.29, 1.82) is 0 Å². The highest BCUT2D eigenvalue weighted by Gasteiger charge is 2.09. The van der Waals surface area contributed by atoms with Crippen LogP contribution in [0, 0.1) is 0 Å². The lowest BCUT2D eigenvalue weighted by Crippen LogP contribution is -2.15. The number of nitrogens with one attached hydrogen (secondary N) is 2. The first-order valence-corrected chi connectivity index (χ1v) is 5.00. The Hall–Kier alpha value is -2.44. The molecule has 88 valence electrons. The van der Waals surface area contributed by atoms with Crippen molar-refractivity contribution in [3.05, 3.63) is 30.2 Å². The van der Waals surface area contributed by atoms with Gasteiger partial charge in [-0.1, -0.05) is 0 Å². The monoisotopic (exact) mass is 232 g/mol. The van der Waals surface area contributed by atoms with Gasteiger partial charge in [0.05, 0.1) is 5.56 Å². The van der Waals surface area contributed by atoms with Gasteiger partial charge in [-0.15, -0.1) is 0 Å². The van der Waals surface area contributed by atoms with E-state index in [4.69, 9.17) is 0 Å². The van der Waals surface area contributed by atoms with E-state index in [-0.39, 0.29) is 5.91 Å². The molecule has 0 aliphatic rings. The number of pyridine rings is 1. The first-order valence-electron chi connectivity index (χ1n) is 5.00. The van der Waals surface area contributed by atoms with Crippen molar-refractivity contribution in [1.82, 2.24) is 19.7 Å². The van der Waals surface area contributed by atoms with E-state index in [0.29, 0.717) is 17.3 Å². The molecule has 0 atom stereocenters. The van der Waals surface area contributed by atoms with Crippen LogP contribution < -0.4 is 10.6 Å². The van der Waals surface area contributed by atoms with Crippen LogP contribution in [0.1, 0.15) is 10.4 Å². The zero-order valence-electron chi connectivity index (χ0n) is 9.51. The maximum Gasteiger partial charge on any atom is 0.259 e. The summed E-state index contributed by atoms with van der Waals surface area (Å²) in [5.41, 5.74) is 0.465. The third-order valence-corrected chi connectivity index (χ3v) is 2.22. The summed E-state index contributed by atoms with van der Waals surface area (Å²) in [7, 11) is 3.46. The van der Waals surface area contributed by atoms with Crippen LogP contribution in [-0.4, -0.2) is 32.7 Å². The van der Waals surface area contributed by atoms with Crippen LogP contribution in [0.5, 0.6) is 0 Å². The second-order valence-electron chi connectivity index (χ2n) is 3.34. The van der Waals surface area contributed by atoms with Gasteiger partial charge >= 0.3 is 0 Å². The second kappa shape index (κ2) is 4.60. The number of carbonyl (C=O) groups is 1. The molecule has 0 spiro atoms. The van der Waals surface area contributed by atoms with Crippen LogP contribution in [0.4, 0.5) is 11.8 Å². The topological polar surface area (TPSA) is 84.7 Å². The highest BCUT2D eigenvalue weighted by Crippen LogP contribution is 2.06. The Morgan fingerprint density at radius 3 is 2.71 bits per heavy atom. The van der Waals surface area contributed by atoms with E-state index in [1.54, 1.807) is 26.2 Å². The summed E-state index contributed by atoms with van der Waals surface area (Å²) in [6.07, 6.45) is 2.87. The quantitative estimate of drug-likeness (QED) is 0.805. The predicted molar refractivity (Wildman–Crippen MR) is 62.7 cm³/mol. The van der Waals surface area contributed by atoms with Gasteiger partial charge in [-0.05, 0) is 12.1 Å². The van der Waals surface area contributed by atoms with Gasteiger partial charge in [-0.2, -0.15) is 10.1 Å². The molecule has 0 saturated carbocycles. The Morgan fingerprint density at radius 1 is 1.35 bits per heavy atom. The minimum absolute atomic E-state index is 0.267. The van der Waals surface area contributed by atoms with Crippen LogP contribution >= 0.6 is 0 Å². The molecule has 0 saturated heterocycles. The molecule has 2 aromatic rings. The molecule has 2 heterocycles. The average Bonchev–Trinajstić information content (AvgIpc) is 2.75. The second-order valence-corrected chi connectivity index (χ2v) is 3.34. The van der Waals surface area contributed by atoms with Crippen molar-refractivity contribution >= 4 is 17.7 Å². The van der Waals surface area contributed by atoms with E-state index in [0.717, 1.165) is 0 Å². The fourth-order valence-corrected chi connectivity index (χ4v) is 1.26. The average molecular weight is 232 g/mol. The molecule has 0 fully saturated rings. The van der Waals surface area contributed by atoms with Gasteiger partial charge in [0.2, 0.25) is 5.95 Å². The Balaban J connectivity index is 2.12. The van der Waals surface area contributed by atoms with Crippen LogP contribution in [0.15, 0.2) is 24.7 Å². The molecule has 0 unspecified atom stereocenters. The molecule has 0 aromatic carbocycles. The third kappa shape index (κ3) is 2.39. The van der Waals surface area contributed by atoms with Gasteiger partial charge in [-0.3, -0.25) is 10.1 Å². The van der Waals surface area contributed by atoms with Gasteiger partial charge in [0.1, 0.15) is 12.1 Å². The van der Waals surface area contributed by atoms with Crippen molar-refractivity contribution in [3.63, 3.8) is 0 Å². The molecule has 2 aromatic heterocycles. The summed E-state index contributed by atoms with van der Waals surface area (Å²) in [6.45, 7) is 0. The Kier molecular flexibility index (Phi) is 2.99. The fourth-order valence-electron chi connectivity index (χ4n) is 1.26. The van der Waals surface area contributed by atoms with Gasteiger partial charge in [0.15, 0.2) is 0 Å². The molecule has 0 radical (unpaired) electrons. The van der Waals surface area contributed by atoms with Crippen molar-refractivity contribution < 1.29 is 4.79 Å². The highest BCUT2D eigenvalue weighted by atomic mass is 16.1. The molecule has 2 rings (SSSR count). The number of hydrogen-bond acceptors (Lipinski definition) is 5. The highest BCUT2D eigenvalue weighted by molar-refractivity contribution is 6.03. The SMILES string of the molecule is CNc1ccc(C(=O)Nc2ncnn2C)cn1. The Morgan fingerprint density at radius 2 is 2.18 bits per heavy atom. The third-order valence-electron chi connectivity index (χ3n) is 2.22. The maximum atomic E-state index is 11.8. The molecule has 17 heavy (non-hydrogen) atoms. The minimum Gasteiger partial charge on any atom is -0.373 e. The van der Waals surface area contributed by atoms with Crippen molar-refractivity contribution in [2.75, 3.05) is 17.7 Å². The van der Waals surface area contributed by atoms with Gasteiger partial charge in [-0.25, -0.2) is 9.67 Å². The van der Waals surface area contributed by atoms with Crippen molar-refractivity contribution in [3.8, 4) is 0 Å². The molecular formula is C10H12N6O. The summed E-state index contributed by atoms with van der Waals surface area (Å²) in [5.74, 6) is 0.837. The first-order chi connectivity index (χ1) is 8.20. The zero-order valence-corrected chi connectivity index (χ0v) is 9.51. The number of nitrogens with zero attached hydrogens (tertiary/aromatic N) is 4. The van der Waals surface area contributed by atoms with Crippen LogP contribution in [0.2, 0.25) is 0 Å². The fraction of sp³-hybridized carbons (Fsp3) is 0.200. The maximum absolute atomic E-state index is 11.8. The van der Waals surface area contributed by atoms with Crippen LogP contribution in [-0.2, 0) is 7.05 Å². The number of amides is 1. The summed E-state index contributed by atoms with van der Waals surface area (Å²) in [6, 6.07) is 3.41. The zero-order chi connectivity index (χ0) is 12.3. The van der Waals surface area contributed by atoms with E-state index in [1.165, 1.54) is 17.2 Å². The number of carbonyl (C=O) groups excluding carboxylic acids is 1. The summed E-state index contributed by atoms with van der Waals surface area (Å²) in [4.78, 5) is 19.8. The summed E-state index contributed by atoms with van der Waals surface area (Å²) in [5, 5.41) is 9.37. The van der Waals surface area contributed by atoms with E-state index < -0.39 is 0 Å². The molecule has 0 aliphatic heterocycles. The number of anilines is 2. The van der Waals surface area contributed by atoms with Crippen molar-refractivity contribution in [2.24, 2.45) is 7.05 Å². The molecule has 7 nitrogen and oxygen atoms in total. The number of rotatable bonds is 3. The molecule has 0 bridgehead atoms. The van der Waals surface area contributed by atoms with Gasteiger partial charge in [0, 0.05) is 20.3 Å². The smallest absolute Gasteiger partial charge is 0.259 e. The largest absolute Gasteiger partial charge is 0.373 e. The van der Waals surface area contributed by atoms with Crippen LogP contribution in [0.25, 0.3) is 0 Å². The minimum atomic E-state index is -0.267. The molecular weight excluding hydrogens is 220 g/mol. The number of hydrogen-bond donors (Lipinski definition) is 2. The molecule has 7 heteroatoms. The summed E-state index contributed by atoms with van der Waals surface area (Å²) < 4.78 is 1.48. The van der Waals surface area contributed by atoms with E-state index >= 15 is 0 Å². The molecule has 1 amide bonds. The Labute approximate surface area is 97.9 Å².